The lowest BCUT2D eigenvalue weighted by atomic mass is 10.1. The molecule has 0 saturated heterocycles. The Kier molecular flexibility index (Phi) is 7.66. The summed E-state index contributed by atoms with van der Waals surface area (Å²) in [5.74, 6) is 0.646. The molecule has 2 rings (SSSR count). The minimum absolute atomic E-state index is 0.0342. The number of aliphatic imine (C=N–C) groups is 1. The first kappa shape index (κ1) is 20.0. The predicted molar refractivity (Wildman–Crippen MR) is 112 cm³/mol. The Hall–Kier alpha value is -2.34. The molecule has 0 radical (unpaired) electrons. The SMILES string of the molecule is CN=C(NCCC(=O)Nc1cc(Br)ccc1C)NCc1ccccc1C. The van der Waals surface area contributed by atoms with E-state index < -0.39 is 0 Å². The molecule has 5 nitrogen and oxygen atoms in total. The zero-order valence-corrected chi connectivity index (χ0v) is 17.0. The van der Waals surface area contributed by atoms with Crippen molar-refractivity contribution >= 4 is 33.5 Å². The molecule has 0 unspecified atom stereocenters. The monoisotopic (exact) mass is 416 g/mol. The Labute approximate surface area is 163 Å². The van der Waals surface area contributed by atoms with Gasteiger partial charge in [0.1, 0.15) is 0 Å². The molecule has 0 aliphatic heterocycles. The third-order valence-corrected chi connectivity index (χ3v) is 4.54. The molecule has 0 aromatic heterocycles. The Morgan fingerprint density at radius 2 is 1.85 bits per heavy atom. The van der Waals surface area contributed by atoms with E-state index in [1.807, 2.05) is 37.3 Å². The summed E-state index contributed by atoms with van der Waals surface area (Å²) in [6.45, 7) is 5.25. The van der Waals surface area contributed by atoms with Gasteiger partial charge < -0.3 is 16.0 Å². The summed E-state index contributed by atoms with van der Waals surface area (Å²) in [7, 11) is 1.72. The molecule has 0 bridgehead atoms. The number of rotatable bonds is 6. The maximum absolute atomic E-state index is 12.1. The van der Waals surface area contributed by atoms with Crippen molar-refractivity contribution in [3.8, 4) is 0 Å². The first-order chi connectivity index (χ1) is 12.5. The van der Waals surface area contributed by atoms with Crippen molar-refractivity contribution in [2.45, 2.75) is 26.8 Å². The van der Waals surface area contributed by atoms with E-state index in [9.17, 15) is 4.79 Å². The van der Waals surface area contributed by atoms with E-state index in [0.29, 0.717) is 25.5 Å². The Bertz CT molecular complexity index is 789. The highest BCUT2D eigenvalue weighted by molar-refractivity contribution is 9.10. The van der Waals surface area contributed by atoms with Gasteiger partial charge in [-0.3, -0.25) is 9.79 Å². The number of carbonyl (C=O) groups excluding carboxylic acids is 1. The minimum Gasteiger partial charge on any atom is -0.356 e. The number of guanidine groups is 1. The van der Waals surface area contributed by atoms with Gasteiger partial charge in [0.15, 0.2) is 5.96 Å². The van der Waals surface area contributed by atoms with Crippen molar-refractivity contribution in [2.75, 3.05) is 18.9 Å². The first-order valence-electron chi connectivity index (χ1n) is 8.54. The van der Waals surface area contributed by atoms with E-state index in [4.69, 9.17) is 0 Å². The van der Waals surface area contributed by atoms with Crippen LogP contribution in [0.4, 0.5) is 5.69 Å². The smallest absolute Gasteiger partial charge is 0.226 e. The molecular weight excluding hydrogens is 392 g/mol. The molecule has 0 atom stereocenters. The lowest BCUT2D eigenvalue weighted by molar-refractivity contribution is -0.116. The van der Waals surface area contributed by atoms with Crippen LogP contribution in [0.3, 0.4) is 0 Å². The highest BCUT2D eigenvalue weighted by Gasteiger charge is 2.06. The molecule has 6 heteroatoms. The molecule has 0 aliphatic carbocycles. The second-order valence-corrected chi connectivity index (χ2v) is 6.95. The topological polar surface area (TPSA) is 65.5 Å². The molecule has 1 amide bonds. The fraction of sp³-hybridized carbons (Fsp3) is 0.300. The van der Waals surface area contributed by atoms with Crippen molar-refractivity contribution in [3.05, 3.63) is 63.6 Å². The molecule has 0 fully saturated rings. The summed E-state index contributed by atoms with van der Waals surface area (Å²) in [5.41, 5.74) is 4.31. The van der Waals surface area contributed by atoms with Crippen LogP contribution in [0.15, 0.2) is 51.9 Å². The van der Waals surface area contributed by atoms with Crippen LogP contribution >= 0.6 is 15.9 Å². The Morgan fingerprint density at radius 3 is 2.58 bits per heavy atom. The van der Waals surface area contributed by atoms with Crippen LogP contribution < -0.4 is 16.0 Å². The summed E-state index contributed by atoms with van der Waals surface area (Å²) in [4.78, 5) is 16.3. The summed E-state index contributed by atoms with van der Waals surface area (Å²) < 4.78 is 0.942. The number of halogens is 1. The van der Waals surface area contributed by atoms with E-state index in [0.717, 1.165) is 15.7 Å². The molecule has 2 aromatic carbocycles. The molecule has 26 heavy (non-hydrogen) atoms. The van der Waals surface area contributed by atoms with Gasteiger partial charge in [-0.15, -0.1) is 0 Å². The molecular formula is C20H25BrN4O. The normalized spacial score (nSPS) is 11.2. The fourth-order valence-corrected chi connectivity index (χ4v) is 2.81. The zero-order chi connectivity index (χ0) is 18.9. The Balaban J connectivity index is 1.77. The van der Waals surface area contributed by atoms with Gasteiger partial charge in [-0.1, -0.05) is 46.3 Å². The lowest BCUT2D eigenvalue weighted by Gasteiger charge is -2.13. The number of anilines is 1. The van der Waals surface area contributed by atoms with E-state index in [1.54, 1.807) is 7.05 Å². The molecule has 0 spiro atoms. The van der Waals surface area contributed by atoms with Crippen LogP contribution in [0.1, 0.15) is 23.1 Å². The van der Waals surface area contributed by atoms with Crippen LogP contribution in [0.2, 0.25) is 0 Å². The van der Waals surface area contributed by atoms with E-state index in [-0.39, 0.29) is 5.91 Å². The number of nitrogens with one attached hydrogen (secondary N) is 3. The maximum atomic E-state index is 12.1. The van der Waals surface area contributed by atoms with Crippen molar-refractivity contribution < 1.29 is 4.79 Å². The standard InChI is InChI=1S/C20H25BrN4O/c1-14-6-4-5-7-16(14)13-24-20(22-3)23-11-10-19(26)25-18-12-17(21)9-8-15(18)2/h4-9,12H,10-11,13H2,1-3H3,(H,25,26)(H2,22,23,24). The highest BCUT2D eigenvalue weighted by Crippen LogP contribution is 2.20. The fourth-order valence-electron chi connectivity index (χ4n) is 2.44. The van der Waals surface area contributed by atoms with Gasteiger partial charge in [0.05, 0.1) is 0 Å². The molecule has 0 heterocycles. The van der Waals surface area contributed by atoms with Crippen LogP contribution in [0.5, 0.6) is 0 Å². The number of nitrogens with zero attached hydrogens (tertiary/aromatic N) is 1. The zero-order valence-electron chi connectivity index (χ0n) is 15.4. The van der Waals surface area contributed by atoms with E-state index in [2.05, 4.69) is 55.9 Å². The number of benzene rings is 2. The van der Waals surface area contributed by atoms with Crippen molar-refractivity contribution in [3.63, 3.8) is 0 Å². The predicted octanol–water partition coefficient (Wildman–Crippen LogP) is 3.76. The summed E-state index contributed by atoms with van der Waals surface area (Å²) in [6, 6.07) is 14.0. The molecule has 0 saturated carbocycles. The second kappa shape index (κ2) is 9.97. The van der Waals surface area contributed by atoms with E-state index in [1.165, 1.54) is 11.1 Å². The Morgan fingerprint density at radius 1 is 1.08 bits per heavy atom. The maximum Gasteiger partial charge on any atom is 0.226 e. The number of hydrogen-bond donors (Lipinski definition) is 3. The average Bonchev–Trinajstić information content (AvgIpc) is 2.62. The highest BCUT2D eigenvalue weighted by atomic mass is 79.9. The van der Waals surface area contributed by atoms with E-state index >= 15 is 0 Å². The van der Waals surface area contributed by atoms with Crippen LogP contribution in [0, 0.1) is 13.8 Å². The molecule has 138 valence electrons. The summed E-state index contributed by atoms with van der Waals surface area (Å²) >= 11 is 3.42. The summed E-state index contributed by atoms with van der Waals surface area (Å²) in [5, 5.41) is 9.38. The first-order valence-corrected chi connectivity index (χ1v) is 9.34. The number of carbonyl (C=O) groups is 1. The second-order valence-electron chi connectivity index (χ2n) is 6.04. The average molecular weight is 417 g/mol. The molecule has 0 aliphatic rings. The van der Waals surface area contributed by atoms with Crippen molar-refractivity contribution in [1.82, 2.24) is 10.6 Å². The van der Waals surface area contributed by atoms with Gasteiger partial charge in [0.2, 0.25) is 5.91 Å². The van der Waals surface area contributed by atoms with Crippen molar-refractivity contribution in [2.24, 2.45) is 4.99 Å². The van der Waals surface area contributed by atoms with Gasteiger partial charge in [-0.25, -0.2) is 0 Å². The molecule has 3 N–H and O–H groups in total. The summed E-state index contributed by atoms with van der Waals surface area (Å²) in [6.07, 6.45) is 0.358. The van der Waals surface area contributed by atoms with Gasteiger partial charge in [-0.2, -0.15) is 0 Å². The number of amides is 1. The molecule has 2 aromatic rings. The lowest BCUT2D eigenvalue weighted by Crippen LogP contribution is -2.38. The third-order valence-electron chi connectivity index (χ3n) is 4.05. The third kappa shape index (κ3) is 6.19. The van der Waals surface area contributed by atoms with Crippen molar-refractivity contribution in [1.29, 1.82) is 0 Å². The number of hydrogen-bond acceptors (Lipinski definition) is 2. The van der Waals surface area contributed by atoms with Crippen LogP contribution in [-0.4, -0.2) is 25.5 Å². The van der Waals surface area contributed by atoms with Crippen LogP contribution in [-0.2, 0) is 11.3 Å². The van der Waals surface area contributed by atoms with Crippen LogP contribution in [0.25, 0.3) is 0 Å². The van der Waals surface area contributed by atoms with Gasteiger partial charge in [-0.05, 0) is 42.7 Å². The minimum atomic E-state index is -0.0342. The van der Waals surface area contributed by atoms with Gasteiger partial charge in [0, 0.05) is 36.7 Å². The quantitative estimate of drug-likeness (QED) is 0.496. The van der Waals surface area contributed by atoms with Gasteiger partial charge in [0.25, 0.3) is 0 Å². The van der Waals surface area contributed by atoms with Gasteiger partial charge >= 0.3 is 0 Å². The number of aryl methyl sites for hydroxylation is 2. The largest absolute Gasteiger partial charge is 0.356 e.